The molecule has 3 heteroatoms. The van der Waals surface area contributed by atoms with E-state index >= 15 is 0 Å². The fourth-order valence-corrected chi connectivity index (χ4v) is 7.56. The Morgan fingerprint density at radius 3 is 2.70 bits per heavy atom. The summed E-state index contributed by atoms with van der Waals surface area (Å²) in [5.74, 6) is 3.48. The van der Waals surface area contributed by atoms with Crippen molar-refractivity contribution in [3.05, 3.63) is 11.6 Å². The molecule has 0 bridgehead atoms. The molecule has 4 rings (SSSR count). The van der Waals surface area contributed by atoms with Gasteiger partial charge < -0.3 is 4.74 Å². The minimum absolute atomic E-state index is 0.00200. The van der Waals surface area contributed by atoms with Crippen LogP contribution >= 0.6 is 0 Å². The van der Waals surface area contributed by atoms with Gasteiger partial charge in [-0.1, -0.05) is 25.5 Å². The van der Waals surface area contributed by atoms with E-state index in [1.807, 2.05) is 0 Å². The standard InChI is InChI=1S/C24H36O3/c1-23-13-11-16(5-4-6-22(26)27-3)15-17(23)7-8-18-19-9-10-21(25)24(19,2)14-12-20(18)23/h5,17-20H,4,6-15H2,1-3H3/b16-5+. The van der Waals surface area contributed by atoms with Gasteiger partial charge in [0.1, 0.15) is 5.78 Å². The van der Waals surface area contributed by atoms with E-state index in [0.29, 0.717) is 23.5 Å². The number of hydrogen-bond donors (Lipinski definition) is 0. The maximum atomic E-state index is 12.5. The zero-order valence-electron chi connectivity index (χ0n) is 17.4. The molecule has 27 heavy (non-hydrogen) atoms. The number of hydrogen-bond acceptors (Lipinski definition) is 3. The van der Waals surface area contributed by atoms with Crippen LogP contribution in [0.1, 0.15) is 84.5 Å². The Labute approximate surface area is 164 Å². The Kier molecular flexibility index (Phi) is 5.01. The van der Waals surface area contributed by atoms with Crippen molar-refractivity contribution in [1.29, 1.82) is 0 Å². The van der Waals surface area contributed by atoms with Gasteiger partial charge in [-0.05, 0) is 86.9 Å². The molecule has 0 heterocycles. The number of carbonyl (C=O) groups is 2. The molecule has 4 fully saturated rings. The fourth-order valence-electron chi connectivity index (χ4n) is 7.56. The first-order valence-electron chi connectivity index (χ1n) is 11.2. The third kappa shape index (κ3) is 3.09. The predicted octanol–water partition coefficient (Wildman–Crippen LogP) is 5.48. The van der Waals surface area contributed by atoms with Gasteiger partial charge in [-0.25, -0.2) is 0 Å². The highest BCUT2D eigenvalue weighted by Gasteiger charge is 2.59. The van der Waals surface area contributed by atoms with Gasteiger partial charge in [0.15, 0.2) is 0 Å². The second-order valence-electron chi connectivity index (χ2n) is 10.3. The molecule has 0 radical (unpaired) electrons. The van der Waals surface area contributed by atoms with Crippen molar-refractivity contribution >= 4 is 11.8 Å². The van der Waals surface area contributed by atoms with Crippen LogP contribution in [0.4, 0.5) is 0 Å². The minimum atomic E-state index is -0.107. The largest absolute Gasteiger partial charge is 0.469 e. The summed E-state index contributed by atoms with van der Waals surface area (Å²) in [4.78, 5) is 23.9. The van der Waals surface area contributed by atoms with Gasteiger partial charge >= 0.3 is 5.97 Å². The Hall–Kier alpha value is -1.12. The van der Waals surface area contributed by atoms with Gasteiger partial charge in [0, 0.05) is 18.3 Å². The summed E-state index contributed by atoms with van der Waals surface area (Å²) < 4.78 is 4.76. The highest BCUT2D eigenvalue weighted by atomic mass is 16.5. The first-order chi connectivity index (χ1) is 12.9. The lowest BCUT2D eigenvalue weighted by atomic mass is 9.45. The van der Waals surface area contributed by atoms with E-state index in [9.17, 15) is 9.59 Å². The quantitative estimate of drug-likeness (QED) is 0.487. The lowest BCUT2D eigenvalue weighted by Gasteiger charge is -2.59. The van der Waals surface area contributed by atoms with Crippen molar-refractivity contribution in [2.24, 2.45) is 34.5 Å². The number of ketones is 1. The zero-order valence-corrected chi connectivity index (χ0v) is 17.4. The maximum Gasteiger partial charge on any atom is 0.305 e. The van der Waals surface area contributed by atoms with Gasteiger partial charge in [-0.2, -0.15) is 0 Å². The molecule has 0 amide bonds. The van der Waals surface area contributed by atoms with Crippen molar-refractivity contribution in [3.63, 3.8) is 0 Å². The molecular formula is C24H36O3. The summed E-state index contributed by atoms with van der Waals surface area (Å²) >= 11 is 0. The molecule has 4 aliphatic carbocycles. The second kappa shape index (κ2) is 7.04. The van der Waals surface area contributed by atoms with Crippen LogP contribution < -0.4 is 0 Å². The van der Waals surface area contributed by atoms with Crippen LogP contribution in [0.5, 0.6) is 0 Å². The first-order valence-corrected chi connectivity index (χ1v) is 11.2. The third-order valence-electron chi connectivity index (χ3n) is 9.28. The van der Waals surface area contributed by atoms with E-state index in [4.69, 9.17) is 4.74 Å². The van der Waals surface area contributed by atoms with Gasteiger partial charge in [0.25, 0.3) is 0 Å². The summed E-state index contributed by atoms with van der Waals surface area (Å²) in [6.45, 7) is 4.85. The monoisotopic (exact) mass is 372 g/mol. The smallest absolute Gasteiger partial charge is 0.305 e. The van der Waals surface area contributed by atoms with Crippen LogP contribution in [0.15, 0.2) is 11.6 Å². The van der Waals surface area contributed by atoms with Crippen molar-refractivity contribution in [3.8, 4) is 0 Å². The topological polar surface area (TPSA) is 43.4 Å². The number of Topliss-reactive ketones (excluding diaryl/α,β-unsaturated/α-hetero) is 1. The summed E-state index contributed by atoms with van der Waals surface area (Å²) in [6, 6.07) is 0. The molecular weight excluding hydrogens is 336 g/mol. The Bertz CT molecular complexity index is 650. The first kappa shape index (κ1) is 19.2. The van der Waals surface area contributed by atoms with E-state index < -0.39 is 0 Å². The third-order valence-corrected chi connectivity index (χ3v) is 9.28. The molecule has 0 saturated heterocycles. The molecule has 4 saturated carbocycles. The summed E-state index contributed by atoms with van der Waals surface area (Å²) in [7, 11) is 1.47. The highest BCUT2D eigenvalue weighted by molar-refractivity contribution is 5.87. The van der Waals surface area contributed by atoms with Crippen LogP contribution in [-0.4, -0.2) is 18.9 Å². The number of methoxy groups -OCH3 is 1. The summed E-state index contributed by atoms with van der Waals surface area (Å²) in [6.07, 6.45) is 14.4. The predicted molar refractivity (Wildman–Crippen MR) is 106 cm³/mol. The van der Waals surface area contributed by atoms with Crippen LogP contribution in [0.2, 0.25) is 0 Å². The van der Waals surface area contributed by atoms with Crippen LogP contribution in [0.3, 0.4) is 0 Å². The average Bonchev–Trinajstić information content (AvgIpc) is 2.96. The number of esters is 1. The van der Waals surface area contributed by atoms with Gasteiger partial charge in [-0.15, -0.1) is 0 Å². The molecule has 0 N–H and O–H groups in total. The number of rotatable bonds is 3. The van der Waals surface area contributed by atoms with E-state index in [0.717, 1.165) is 43.4 Å². The number of fused-ring (bicyclic) bond motifs is 5. The van der Waals surface area contributed by atoms with E-state index in [1.165, 1.54) is 45.6 Å². The average molecular weight is 373 g/mol. The SMILES string of the molecule is COC(=O)CC/C=C1\CCC2(C)C(CCC3C4CCC(=O)C4(C)CCC32)C1. The summed E-state index contributed by atoms with van der Waals surface area (Å²) in [5.41, 5.74) is 2.02. The zero-order chi connectivity index (χ0) is 19.2. The lowest BCUT2D eigenvalue weighted by molar-refractivity contribution is -0.140. The molecule has 0 aromatic rings. The van der Waals surface area contributed by atoms with Crippen LogP contribution in [0, 0.1) is 34.5 Å². The van der Waals surface area contributed by atoms with Crippen molar-refractivity contribution in [2.75, 3.05) is 7.11 Å². The minimum Gasteiger partial charge on any atom is -0.469 e. The van der Waals surface area contributed by atoms with Crippen LogP contribution in [-0.2, 0) is 14.3 Å². The van der Waals surface area contributed by atoms with Crippen LogP contribution in [0.25, 0.3) is 0 Å². The highest BCUT2D eigenvalue weighted by Crippen LogP contribution is 2.65. The molecule has 150 valence electrons. The van der Waals surface area contributed by atoms with Crippen molar-refractivity contribution < 1.29 is 14.3 Å². The number of carbonyl (C=O) groups excluding carboxylic acids is 2. The molecule has 0 aromatic heterocycles. The molecule has 6 atom stereocenters. The van der Waals surface area contributed by atoms with Crippen molar-refractivity contribution in [1.82, 2.24) is 0 Å². The fraction of sp³-hybridized carbons (Fsp3) is 0.833. The summed E-state index contributed by atoms with van der Waals surface area (Å²) in [5, 5.41) is 0. The molecule has 4 aliphatic rings. The Balaban J connectivity index is 1.45. The lowest BCUT2D eigenvalue weighted by Crippen LogP contribution is -2.53. The normalized spacial score (nSPS) is 45.1. The Morgan fingerprint density at radius 1 is 1.11 bits per heavy atom. The van der Waals surface area contributed by atoms with E-state index in [1.54, 1.807) is 5.57 Å². The second-order valence-corrected chi connectivity index (χ2v) is 10.3. The number of ether oxygens (including phenoxy) is 1. The van der Waals surface area contributed by atoms with Gasteiger partial charge in [-0.3, -0.25) is 9.59 Å². The maximum absolute atomic E-state index is 12.5. The molecule has 0 aliphatic heterocycles. The van der Waals surface area contributed by atoms with Crippen molar-refractivity contribution in [2.45, 2.75) is 84.5 Å². The number of allylic oxidation sites excluding steroid dienone is 2. The van der Waals surface area contributed by atoms with Gasteiger partial charge in [0.05, 0.1) is 7.11 Å². The molecule has 0 aromatic carbocycles. The van der Waals surface area contributed by atoms with E-state index in [2.05, 4.69) is 19.9 Å². The molecule has 6 unspecified atom stereocenters. The van der Waals surface area contributed by atoms with Gasteiger partial charge in [0.2, 0.25) is 0 Å². The van der Waals surface area contributed by atoms with E-state index in [-0.39, 0.29) is 11.4 Å². The molecule has 0 spiro atoms. The molecule has 3 nitrogen and oxygen atoms in total. The Morgan fingerprint density at radius 2 is 1.93 bits per heavy atom.